The van der Waals surface area contributed by atoms with Gasteiger partial charge in [-0.15, -0.1) is 12.4 Å². The molecule has 1 aliphatic heterocycles. The molecule has 0 radical (unpaired) electrons. The Bertz CT molecular complexity index is 502. The van der Waals surface area contributed by atoms with Crippen LogP contribution in [0.15, 0.2) is 22.7 Å². The molecule has 0 spiro atoms. The van der Waals surface area contributed by atoms with E-state index in [2.05, 4.69) is 15.9 Å². The third-order valence-electron chi connectivity index (χ3n) is 4.49. The van der Waals surface area contributed by atoms with Gasteiger partial charge in [-0.05, 0) is 55.4 Å². The third kappa shape index (κ3) is 2.87. The number of rotatable bonds is 1. The molecule has 2 fully saturated rings. The lowest BCUT2D eigenvalue weighted by Gasteiger charge is -2.19. The van der Waals surface area contributed by atoms with Gasteiger partial charge in [0, 0.05) is 29.2 Å². The second-order valence-corrected chi connectivity index (χ2v) is 6.81. The summed E-state index contributed by atoms with van der Waals surface area (Å²) in [6.07, 6.45) is 2.29. The lowest BCUT2D eigenvalue weighted by atomic mass is 9.98. The number of fused-ring (bicyclic) bond motifs is 1. The topological polar surface area (TPSA) is 46.3 Å². The summed E-state index contributed by atoms with van der Waals surface area (Å²) in [7, 11) is 0. The first-order valence-electron chi connectivity index (χ1n) is 6.86. The fourth-order valence-electron chi connectivity index (χ4n) is 3.52. The first-order chi connectivity index (χ1) is 9.04. The second-order valence-electron chi connectivity index (χ2n) is 5.89. The maximum atomic E-state index is 12.6. The molecule has 1 aliphatic carbocycles. The Hall–Kier alpha value is -0.580. The standard InChI is InChI=1S/C15H19BrN2O.ClH/c1-9-4-11(6-12(16)5-9)15(19)18-7-10-2-3-14(17)13(10)8-18;/h4-6,10,13-14H,2-3,7-8,17H2,1H3;1H. The zero-order valence-corrected chi connectivity index (χ0v) is 13.9. The van der Waals surface area contributed by atoms with Crippen LogP contribution in [0.4, 0.5) is 0 Å². The highest BCUT2D eigenvalue weighted by atomic mass is 79.9. The molecule has 1 amide bonds. The Morgan fingerprint density at radius 2 is 2.05 bits per heavy atom. The van der Waals surface area contributed by atoms with Crippen molar-refractivity contribution in [2.75, 3.05) is 13.1 Å². The number of hydrogen-bond donors (Lipinski definition) is 1. The van der Waals surface area contributed by atoms with Crippen molar-refractivity contribution in [3.63, 3.8) is 0 Å². The summed E-state index contributed by atoms with van der Waals surface area (Å²) in [6, 6.07) is 6.17. The molecule has 5 heteroatoms. The number of carbonyl (C=O) groups is 1. The van der Waals surface area contributed by atoms with E-state index in [4.69, 9.17) is 5.73 Å². The summed E-state index contributed by atoms with van der Waals surface area (Å²) in [5.74, 6) is 1.27. The van der Waals surface area contributed by atoms with Crippen molar-refractivity contribution >= 4 is 34.2 Å². The van der Waals surface area contributed by atoms with Crippen LogP contribution in [0.25, 0.3) is 0 Å². The lowest BCUT2D eigenvalue weighted by molar-refractivity contribution is 0.0779. The summed E-state index contributed by atoms with van der Waals surface area (Å²) >= 11 is 3.46. The lowest BCUT2D eigenvalue weighted by Crippen LogP contribution is -2.33. The van der Waals surface area contributed by atoms with Crippen LogP contribution in [0.1, 0.15) is 28.8 Å². The van der Waals surface area contributed by atoms with Crippen LogP contribution < -0.4 is 5.73 Å². The smallest absolute Gasteiger partial charge is 0.253 e. The van der Waals surface area contributed by atoms with Crippen molar-refractivity contribution in [2.45, 2.75) is 25.8 Å². The van der Waals surface area contributed by atoms with Crippen LogP contribution >= 0.6 is 28.3 Å². The fraction of sp³-hybridized carbons (Fsp3) is 0.533. The van der Waals surface area contributed by atoms with Crippen molar-refractivity contribution in [3.05, 3.63) is 33.8 Å². The first-order valence-corrected chi connectivity index (χ1v) is 7.66. The normalized spacial score (nSPS) is 28.1. The first kappa shape index (κ1) is 15.8. The molecule has 0 aromatic heterocycles. The maximum absolute atomic E-state index is 12.6. The molecule has 3 nitrogen and oxygen atoms in total. The summed E-state index contributed by atoms with van der Waals surface area (Å²) in [4.78, 5) is 14.5. The predicted octanol–water partition coefficient (Wildman–Crippen LogP) is 2.99. The Morgan fingerprint density at radius 3 is 2.70 bits per heavy atom. The number of carbonyl (C=O) groups excluding carboxylic acids is 1. The minimum absolute atomic E-state index is 0. The van der Waals surface area contributed by atoms with Gasteiger partial charge >= 0.3 is 0 Å². The molecule has 110 valence electrons. The van der Waals surface area contributed by atoms with Gasteiger partial charge in [0.1, 0.15) is 0 Å². The number of halogens is 2. The average Bonchev–Trinajstić information content (AvgIpc) is 2.90. The average molecular weight is 360 g/mol. The van der Waals surface area contributed by atoms with E-state index in [1.165, 1.54) is 6.42 Å². The van der Waals surface area contributed by atoms with Crippen molar-refractivity contribution in [1.82, 2.24) is 4.90 Å². The molecule has 3 rings (SSSR count). The van der Waals surface area contributed by atoms with Crippen molar-refractivity contribution in [3.8, 4) is 0 Å². The third-order valence-corrected chi connectivity index (χ3v) is 4.95. The highest BCUT2D eigenvalue weighted by molar-refractivity contribution is 9.10. The van der Waals surface area contributed by atoms with E-state index in [1.807, 2.05) is 30.0 Å². The zero-order valence-electron chi connectivity index (χ0n) is 11.5. The highest BCUT2D eigenvalue weighted by Crippen LogP contribution is 2.37. The molecule has 1 heterocycles. The molecule has 1 aromatic rings. The van der Waals surface area contributed by atoms with Gasteiger partial charge < -0.3 is 10.6 Å². The SMILES string of the molecule is Cc1cc(Br)cc(C(=O)N2CC3CCC(N)C3C2)c1.Cl. The number of nitrogens with two attached hydrogens (primary N) is 1. The predicted molar refractivity (Wildman–Crippen MR) is 86.2 cm³/mol. The Kier molecular flexibility index (Phi) is 4.77. The van der Waals surface area contributed by atoms with E-state index in [0.717, 1.165) is 35.1 Å². The van der Waals surface area contributed by atoms with E-state index in [1.54, 1.807) is 0 Å². The summed E-state index contributed by atoms with van der Waals surface area (Å²) in [5, 5.41) is 0. The van der Waals surface area contributed by atoms with Gasteiger partial charge in [-0.3, -0.25) is 4.79 Å². The van der Waals surface area contributed by atoms with Crippen LogP contribution in [0.3, 0.4) is 0 Å². The van der Waals surface area contributed by atoms with Crippen LogP contribution in [-0.2, 0) is 0 Å². The number of hydrogen-bond acceptors (Lipinski definition) is 2. The minimum atomic E-state index is 0. The minimum Gasteiger partial charge on any atom is -0.338 e. The van der Waals surface area contributed by atoms with E-state index < -0.39 is 0 Å². The molecule has 2 aliphatic rings. The number of nitrogens with zero attached hydrogens (tertiary/aromatic N) is 1. The molecule has 1 aromatic carbocycles. The number of likely N-dealkylation sites (tertiary alicyclic amines) is 1. The van der Waals surface area contributed by atoms with E-state index >= 15 is 0 Å². The van der Waals surface area contributed by atoms with Crippen LogP contribution in [-0.4, -0.2) is 29.9 Å². The van der Waals surface area contributed by atoms with Gasteiger partial charge in [-0.2, -0.15) is 0 Å². The number of benzene rings is 1. The van der Waals surface area contributed by atoms with Gasteiger partial charge in [0.05, 0.1) is 0 Å². The van der Waals surface area contributed by atoms with Crippen molar-refractivity contribution < 1.29 is 4.79 Å². The van der Waals surface area contributed by atoms with Gasteiger partial charge in [-0.1, -0.05) is 15.9 Å². The second kappa shape index (κ2) is 6.04. The van der Waals surface area contributed by atoms with Crippen molar-refractivity contribution in [2.24, 2.45) is 17.6 Å². The molecule has 0 bridgehead atoms. The maximum Gasteiger partial charge on any atom is 0.253 e. The van der Waals surface area contributed by atoms with Crippen LogP contribution in [0.5, 0.6) is 0 Å². The van der Waals surface area contributed by atoms with Gasteiger partial charge in [0.25, 0.3) is 5.91 Å². The largest absolute Gasteiger partial charge is 0.338 e. The summed E-state index contributed by atoms with van der Waals surface area (Å²) < 4.78 is 0.965. The number of amides is 1. The molecule has 1 saturated carbocycles. The molecule has 3 atom stereocenters. The molecular formula is C15H20BrClN2O. The molecule has 2 N–H and O–H groups in total. The van der Waals surface area contributed by atoms with Gasteiger partial charge in [-0.25, -0.2) is 0 Å². The molecule has 20 heavy (non-hydrogen) atoms. The van der Waals surface area contributed by atoms with E-state index in [9.17, 15) is 4.79 Å². The van der Waals surface area contributed by atoms with E-state index in [0.29, 0.717) is 11.8 Å². The molecular weight excluding hydrogens is 340 g/mol. The zero-order chi connectivity index (χ0) is 13.6. The molecule has 3 unspecified atom stereocenters. The van der Waals surface area contributed by atoms with Gasteiger partial charge in [0.2, 0.25) is 0 Å². The Labute approximate surface area is 134 Å². The van der Waals surface area contributed by atoms with Gasteiger partial charge in [0.15, 0.2) is 0 Å². The quantitative estimate of drug-likeness (QED) is 0.838. The Morgan fingerprint density at radius 1 is 1.30 bits per heavy atom. The highest BCUT2D eigenvalue weighted by Gasteiger charge is 2.42. The van der Waals surface area contributed by atoms with E-state index in [-0.39, 0.29) is 24.4 Å². The molecule has 1 saturated heterocycles. The van der Waals surface area contributed by atoms with Crippen LogP contribution in [0.2, 0.25) is 0 Å². The Balaban J connectivity index is 0.00000147. The van der Waals surface area contributed by atoms with Crippen LogP contribution in [0, 0.1) is 18.8 Å². The summed E-state index contributed by atoms with van der Waals surface area (Å²) in [5.41, 5.74) is 8.01. The monoisotopic (exact) mass is 358 g/mol. The fourth-order valence-corrected chi connectivity index (χ4v) is 4.12. The summed E-state index contributed by atoms with van der Waals surface area (Å²) in [6.45, 7) is 3.72. The number of aryl methyl sites for hydroxylation is 1. The van der Waals surface area contributed by atoms with Crippen molar-refractivity contribution in [1.29, 1.82) is 0 Å².